The van der Waals surface area contributed by atoms with E-state index in [0.29, 0.717) is 21.7 Å². The van der Waals surface area contributed by atoms with Gasteiger partial charge in [0, 0.05) is 0 Å². The molecule has 1 aliphatic rings. The Balaban J connectivity index is 1.67. The zero-order chi connectivity index (χ0) is 22.1. The molecule has 0 heterocycles. The topological polar surface area (TPSA) is 77.8 Å². The van der Waals surface area contributed by atoms with Crippen LogP contribution in [0.3, 0.4) is 0 Å². The molecule has 8 heteroatoms. The normalized spacial score (nSPS) is 14.3. The number of hydrogen-bond donors (Lipinski definition) is 2. The number of nitrogens with zero attached hydrogens (tertiary/aromatic N) is 1. The molecule has 1 fully saturated rings. The van der Waals surface area contributed by atoms with Gasteiger partial charge < -0.3 is 5.11 Å². The summed E-state index contributed by atoms with van der Waals surface area (Å²) >= 11 is 10.5. The Kier molecular flexibility index (Phi) is 6.34. The zero-order valence-corrected chi connectivity index (χ0v) is 18.6. The molecule has 3 aromatic carbocycles. The maximum atomic E-state index is 12.2. The molecule has 1 aliphatic carbocycles. The van der Waals surface area contributed by atoms with E-state index in [4.69, 9.17) is 23.2 Å². The van der Waals surface area contributed by atoms with Crippen LogP contribution >= 0.6 is 23.2 Å². The number of hydrogen-bond acceptors (Lipinski definition) is 2. The van der Waals surface area contributed by atoms with Gasteiger partial charge in [0.2, 0.25) is 0 Å². The van der Waals surface area contributed by atoms with Crippen LogP contribution in [0.15, 0.2) is 60.7 Å². The molecule has 31 heavy (non-hydrogen) atoms. The second-order valence-corrected chi connectivity index (χ2v) is 9.15. The number of carbonyl (C=O) groups is 1. The van der Waals surface area contributed by atoms with E-state index in [1.807, 2.05) is 0 Å². The first-order valence-corrected chi connectivity index (χ1v) is 11.5. The minimum Gasteiger partial charge on any atom is -0.478 e. The minimum atomic E-state index is -2.41. The van der Waals surface area contributed by atoms with Crippen LogP contribution in [-0.4, -0.2) is 19.8 Å². The summed E-state index contributed by atoms with van der Waals surface area (Å²) in [5, 5.41) is 9.81. The van der Waals surface area contributed by atoms with Crippen molar-refractivity contribution in [1.82, 2.24) is 0 Å². The molecule has 0 saturated heterocycles. The minimum absolute atomic E-state index is 0.185. The Morgan fingerprint density at radius 1 is 1.00 bits per heavy atom. The van der Waals surface area contributed by atoms with Gasteiger partial charge in [0.05, 0.1) is 27.0 Å². The number of rotatable bonds is 7. The van der Waals surface area contributed by atoms with Gasteiger partial charge in [-0.05, 0) is 78.3 Å². The number of aromatic carboxylic acids is 1. The Bertz CT molecular complexity index is 1140. The molecule has 0 amide bonds. The smallest absolute Gasteiger partial charge is 0.335 e. The molecule has 1 saturated carbocycles. The fourth-order valence-corrected chi connectivity index (χ4v) is 4.96. The molecule has 4 rings (SSSR count). The average Bonchev–Trinajstić information content (AvgIpc) is 3.54. The first-order chi connectivity index (χ1) is 14.8. The maximum absolute atomic E-state index is 12.2. The molecule has 0 aliphatic heterocycles. The Hall–Kier alpha value is -2.38. The highest BCUT2D eigenvalue weighted by Gasteiger charge is 2.25. The summed E-state index contributed by atoms with van der Waals surface area (Å²) in [7, 11) is 0. The highest BCUT2D eigenvalue weighted by molar-refractivity contribution is 7.81. The van der Waals surface area contributed by atoms with E-state index in [9.17, 15) is 18.7 Å². The molecule has 3 aromatic rings. The molecular formula is C23H19Cl2NO4S. The summed E-state index contributed by atoms with van der Waals surface area (Å²) in [6.07, 6.45) is 3.29. The van der Waals surface area contributed by atoms with Gasteiger partial charge in [0.15, 0.2) is 0 Å². The zero-order valence-electron chi connectivity index (χ0n) is 16.3. The van der Waals surface area contributed by atoms with E-state index in [0.717, 1.165) is 23.1 Å². The van der Waals surface area contributed by atoms with Crippen molar-refractivity contribution in [1.29, 1.82) is 0 Å². The molecule has 0 spiro atoms. The van der Waals surface area contributed by atoms with Crippen molar-refractivity contribution in [3.8, 4) is 11.1 Å². The van der Waals surface area contributed by atoms with Gasteiger partial charge in [-0.2, -0.15) is 0 Å². The van der Waals surface area contributed by atoms with Gasteiger partial charge in [-0.3, -0.25) is 4.55 Å². The van der Waals surface area contributed by atoms with Gasteiger partial charge in [-0.1, -0.05) is 47.5 Å². The van der Waals surface area contributed by atoms with Crippen molar-refractivity contribution in [3.63, 3.8) is 0 Å². The molecule has 2 N–H and O–H groups in total. The fourth-order valence-electron chi connectivity index (χ4n) is 3.50. The van der Waals surface area contributed by atoms with Crippen LogP contribution in [0.5, 0.6) is 0 Å². The first kappa shape index (κ1) is 21.8. The van der Waals surface area contributed by atoms with Crippen LogP contribution in [0.1, 0.15) is 28.8 Å². The van der Waals surface area contributed by atoms with E-state index < -0.39 is 17.2 Å². The molecule has 5 nitrogen and oxygen atoms in total. The van der Waals surface area contributed by atoms with Crippen molar-refractivity contribution in [2.45, 2.75) is 19.3 Å². The summed E-state index contributed by atoms with van der Waals surface area (Å²) in [6.45, 7) is 0. The standard InChI is InChI=1S/C23H19Cl2NO4S/c24-20-11-15(10-14-4-5-14)12-21(25)22(20)26(31(29)30)19-8-6-16(7-9-19)17-2-1-3-18(13-17)23(27)28/h1-3,6-9,11-14H,4-5,10H2,(H,27,28)(H,29,30). The average molecular weight is 476 g/mol. The van der Waals surface area contributed by atoms with Crippen LogP contribution < -0.4 is 4.31 Å². The molecule has 0 bridgehead atoms. The van der Waals surface area contributed by atoms with E-state index in [1.54, 1.807) is 54.6 Å². The molecular weight excluding hydrogens is 457 g/mol. The third kappa shape index (κ3) is 4.93. The first-order valence-electron chi connectivity index (χ1n) is 9.66. The summed E-state index contributed by atoms with van der Waals surface area (Å²) in [5.41, 5.74) is 3.39. The largest absolute Gasteiger partial charge is 0.478 e. The highest BCUT2D eigenvalue weighted by Crippen LogP contribution is 2.42. The third-order valence-corrected chi connectivity index (χ3v) is 6.48. The van der Waals surface area contributed by atoms with Crippen LogP contribution in [0.2, 0.25) is 10.0 Å². The van der Waals surface area contributed by atoms with E-state index in [1.165, 1.54) is 23.2 Å². The number of anilines is 2. The van der Waals surface area contributed by atoms with Crippen LogP contribution in [0.4, 0.5) is 11.4 Å². The van der Waals surface area contributed by atoms with Crippen LogP contribution in [-0.2, 0) is 17.7 Å². The van der Waals surface area contributed by atoms with Crippen molar-refractivity contribution < 1.29 is 18.7 Å². The Morgan fingerprint density at radius 3 is 2.19 bits per heavy atom. The lowest BCUT2D eigenvalue weighted by Crippen LogP contribution is -2.20. The second kappa shape index (κ2) is 9.01. The lowest BCUT2D eigenvalue weighted by atomic mass is 10.0. The van der Waals surface area contributed by atoms with E-state index in [-0.39, 0.29) is 11.3 Å². The summed E-state index contributed by atoms with van der Waals surface area (Å²) in [4.78, 5) is 11.2. The predicted octanol–water partition coefficient (Wildman–Crippen LogP) is 6.59. The Labute approximate surface area is 192 Å². The van der Waals surface area contributed by atoms with Gasteiger partial charge >= 0.3 is 5.97 Å². The van der Waals surface area contributed by atoms with Crippen molar-refractivity contribution >= 4 is 51.8 Å². The van der Waals surface area contributed by atoms with Crippen molar-refractivity contribution in [2.24, 2.45) is 5.92 Å². The number of carboxylic acids is 1. The number of benzene rings is 3. The highest BCUT2D eigenvalue weighted by atomic mass is 35.5. The summed E-state index contributed by atoms with van der Waals surface area (Å²) in [6, 6.07) is 17.0. The van der Waals surface area contributed by atoms with Crippen molar-refractivity contribution in [2.75, 3.05) is 4.31 Å². The van der Waals surface area contributed by atoms with Crippen LogP contribution in [0.25, 0.3) is 11.1 Å². The molecule has 1 unspecified atom stereocenters. The van der Waals surface area contributed by atoms with Gasteiger partial charge in [0.1, 0.15) is 0 Å². The summed E-state index contributed by atoms with van der Waals surface area (Å²) in [5.74, 6) is -0.344. The van der Waals surface area contributed by atoms with E-state index >= 15 is 0 Å². The molecule has 0 radical (unpaired) electrons. The predicted molar refractivity (Wildman–Crippen MR) is 125 cm³/mol. The second-order valence-electron chi connectivity index (χ2n) is 7.51. The van der Waals surface area contributed by atoms with Gasteiger partial charge in [-0.25, -0.2) is 13.3 Å². The molecule has 1 atom stereocenters. The molecule has 0 aromatic heterocycles. The maximum Gasteiger partial charge on any atom is 0.335 e. The third-order valence-electron chi connectivity index (χ3n) is 5.20. The lowest BCUT2D eigenvalue weighted by molar-refractivity contribution is 0.0697. The molecule has 160 valence electrons. The van der Waals surface area contributed by atoms with E-state index in [2.05, 4.69) is 0 Å². The lowest BCUT2D eigenvalue weighted by Gasteiger charge is -2.23. The van der Waals surface area contributed by atoms with Gasteiger partial charge in [-0.15, -0.1) is 0 Å². The van der Waals surface area contributed by atoms with Gasteiger partial charge in [0.25, 0.3) is 11.3 Å². The monoisotopic (exact) mass is 475 g/mol. The van der Waals surface area contributed by atoms with Crippen LogP contribution in [0, 0.1) is 5.92 Å². The van der Waals surface area contributed by atoms with Crippen molar-refractivity contribution in [3.05, 3.63) is 81.8 Å². The number of carboxylic acid groups (broad SMARTS) is 1. The fraction of sp³-hybridized carbons (Fsp3) is 0.174. The summed E-state index contributed by atoms with van der Waals surface area (Å²) < 4.78 is 23.4. The quantitative estimate of drug-likeness (QED) is 0.378. The Morgan fingerprint density at radius 2 is 1.65 bits per heavy atom. The number of halogens is 2. The SMILES string of the molecule is O=C(O)c1cccc(-c2ccc(N(c3c(Cl)cc(CC4CC4)cc3Cl)S(=O)O)cc2)c1.